The third kappa shape index (κ3) is 4.15. The lowest BCUT2D eigenvalue weighted by molar-refractivity contribution is -0.131. The van der Waals surface area contributed by atoms with Gasteiger partial charge in [-0.25, -0.2) is 4.98 Å². The van der Waals surface area contributed by atoms with Gasteiger partial charge in [-0.1, -0.05) is 37.3 Å². The van der Waals surface area contributed by atoms with E-state index in [-0.39, 0.29) is 5.91 Å². The minimum Gasteiger partial charge on any atom is -0.367 e. The molecule has 22 heavy (non-hydrogen) atoms. The Kier molecular flexibility index (Phi) is 6.10. The molecular formula is C17H22N2O2S. The largest absolute Gasteiger partial charge is 0.367 e. The number of amides is 1. The average molecular weight is 318 g/mol. The van der Waals surface area contributed by atoms with Crippen LogP contribution in [0.15, 0.2) is 30.3 Å². The second-order valence-electron chi connectivity index (χ2n) is 5.03. The van der Waals surface area contributed by atoms with Gasteiger partial charge in [0.15, 0.2) is 6.10 Å². The fourth-order valence-corrected chi connectivity index (χ4v) is 3.35. The van der Waals surface area contributed by atoms with Crippen molar-refractivity contribution in [3.8, 4) is 0 Å². The summed E-state index contributed by atoms with van der Waals surface area (Å²) in [5.41, 5.74) is 2.02. The summed E-state index contributed by atoms with van der Waals surface area (Å²) in [6, 6.07) is 9.51. The highest BCUT2D eigenvalue weighted by molar-refractivity contribution is 7.11. The van der Waals surface area contributed by atoms with Crippen molar-refractivity contribution in [1.82, 2.24) is 10.3 Å². The van der Waals surface area contributed by atoms with E-state index in [0.717, 1.165) is 29.1 Å². The van der Waals surface area contributed by atoms with E-state index in [0.29, 0.717) is 6.54 Å². The Bertz CT molecular complexity index is 610. The third-order valence-electron chi connectivity index (χ3n) is 3.49. The molecule has 1 amide bonds. The lowest BCUT2D eigenvalue weighted by Crippen LogP contribution is -2.31. The first-order valence-electron chi connectivity index (χ1n) is 7.46. The smallest absolute Gasteiger partial charge is 0.253 e. The maximum absolute atomic E-state index is 12.2. The Morgan fingerprint density at radius 1 is 1.36 bits per heavy atom. The normalized spacial score (nSPS) is 12.1. The molecule has 1 N–H and O–H groups in total. The number of ether oxygens (including phenoxy) is 1. The zero-order valence-corrected chi connectivity index (χ0v) is 14.1. The van der Waals surface area contributed by atoms with Gasteiger partial charge in [0.05, 0.1) is 10.7 Å². The quantitative estimate of drug-likeness (QED) is 0.853. The summed E-state index contributed by atoms with van der Waals surface area (Å²) in [5.74, 6) is -0.113. The number of aryl methyl sites for hydroxylation is 2. The zero-order valence-electron chi connectivity index (χ0n) is 13.3. The molecule has 0 unspecified atom stereocenters. The minimum absolute atomic E-state index is 0.113. The second kappa shape index (κ2) is 8.06. The van der Waals surface area contributed by atoms with Crippen LogP contribution in [0.5, 0.6) is 0 Å². The SMILES string of the molecule is CCc1nc(CCNC(=O)[C@@H](OC)c2ccccc2)sc1C. The maximum atomic E-state index is 12.2. The Morgan fingerprint density at radius 3 is 2.68 bits per heavy atom. The maximum Gasteiger partial charge on any atom is 0.253 e. The highest BCUT2D eigenvalue weighted by Gasteiger charge is 2.19. The number of rotatable bonds is 7. The molecule has 0 saturated carbocycles. The molecule has 2 aromatic rings. The number of nitrogens with one attached hydrogen (secondary N) is 1. The first-order chi connectivity index (χ1) is 10.7. The van der Waals surface area contributed by atoms with Gasteiger partial charge in [0.2, 0.25) is 0 Å². The fourth-order valence-electron chi connectivity index (χ4n) is 2.33. The van der Waals surface area contributed by atoms with Gasteiger partial charge in [0.25, 0.3) is 5.91 Å². The summed E-state index contributed by atoms with van der Waals surface area (Å²) in [4.78, 5) is 18.1. The monoisotopic (exact) mass is 318 g/mol. The summed E-state index contributed by atoms with van der Waals surface area (Å²) in [6.07, 6.45) is 1.14. The van der Waals surface area contributed by atoms with Gasteiger partial charge >= 0.3 is 0 Å². The van der Waals surface area contributed by atoms with E-state index >= 15 is 0 Å². The number of carbonyl (C=O) groups excluding carboxylic acids is 1. The summed E-state index contributed by atoms with van der Waals surface area (Å²) >= 11 is 1.71. The molecule has 2 rings (SSSR count). The summed E-state index contributed by atoms with van der Waals surface area (Å²) < 4.78 is 5.32. The summed E-state index contributed by atoms with van der Waals surface area (Å²) in [6.45, 7) is 4.77. The van der Waals surface area contributed by atoms with Crippen LogP contribution >= 0.6 is 11.3 Å². The molecule has 0 aliphatic rings. The van der Waals surface area contributed by atoms with Crippen molar-refractivity contribution in [2.75, 3.05) is 13.7 Å². The number of hydrogen-bond donors (Lipinski definition) is 1. The Labute approximate surface area is 135 Å². The van der Waals surface area contributed by atoms with Crippen molar-refractivity contribution < 1.29 is 9.53 Å². The van der Waals surface area contributed by atoms with Crippen molar-refractivity contribution in [3.63, 3.8) is 0 Å². The molecule has 4 nitrogen and oxygen atoms in total. The number of methoxy groups -OCH3 is 1. The number of thiazole rings is 1. The molecule has 0 bridgehead atoms. The topological polar surface area (TPSA) is 51.2 Å². The first kappa shape index (κ1) is 16.6. The van der Waals surface area contributed by atoms with Gasteiger partial charge in [0.1, 0.15) is 0 Å². The predicted octanol–water partition coefficient (Wildman–Crippen LogP) is 3.06. The van der Waals surface area contributed by atoms with Crippen molar-refractivity contribution in [2.24, 2.45) is 0 Å². The first-order valence-corrected chi connectivity index (χ1v) is 8.28. The van der Waals surface area contributed by atoms with Gasteiger partial charge < -0.3 is 10.1 Å². The highest BCUT2D eigenvalue weighted by Crippen LogP contribution is 2.19. The lowest BCUT2D eigenvalue weighted by Gasteiger charge is -2.15. The molecule has 118 valence electrons. The molecule has 1 atom stereocenters. The van der Waals surface area contributed by atoms with E-state index in [1.807, 2.05) is 30.3 Å². The minimum atomic E-state index is -0.564. The third-order valence-corrected chi connectivity index (χ3v) is 4.56. The van der Waals surface area contributed by atoms with Crippen LogP contribution in [0.4, 0.5) is 0 Å². The number of benzene rings is 1. The van der Waals surface area contributed by atoms with E-state index < -0.39 is 6.10 Å². The highest BCUT2D eigenvalue weighted by atomic mass is 32.1. The molecule has 1 heterocycles. The Morgan fingerprint density at radius 2 is 2.09 bits per heavy atom. The second-order valence-corrected chi connectivity index (χ2v) is 6.32. The van der Waals surface area contributed by atoms with Crippen molar-refractivity contribution >= 4 is 17.2 Å². The lowest BCUT2D eigenvalue weighted by atomic mass is 10.1. The number of nitrogens with zero attached hydrogens (tertiary/aromatic N) is 1. The van der Waals surface area contributed by atoms with E-state index in [1.165, 1.54) is 4.88 Å². The van der Waals surface area contributed by atoms with Crippen LogP contribution in [-0.4, -0.2) is 24.5 Å². The number of carbonyl (C=O) groups is 1. The Balaban J connectivity index is 1.88. The molecule has 0 fully saturated rings. The van der Waals surface area contributed by atoms with Crippen molar-refractivity contribution in [2.45, 2.75) is 32.8 Å². The molecule has 0 saturated heterocycles. The van der Waals surface area contributed by atoms with Crippen molar-refractivity contribution in [1.29, 1.82) is 0 Å². The van der Waals surface area contributed by atoms with Crippen molar-refractivity contribution in [3.05, 3.63) is 51.5 Å². The van der Waals surface area contributed by atoms with E-state index in [9.17, 15) is 4.79 Å². The van der Waals surface area contributed by atoms with E-state index in [1.54, 1.807) is 18.4 Å². The Hall–Kier alpha value is -1.72. The van der Waals surface area contributed by atoms with E-state index in [2.05, 4.69) is 24.1 Å². The van der Waals surface area contributed by atoms with Gasteiger partial charge in [-0.3, -0.25) is 4.79 Å². The molecule has 0 radical (unpaired) electrons. The number of hydrogen-bond acceptors (Lipinski definition) is 4. The molecule has 0 aliphatic heterocycles. The standard InChI is InChI=1S/C17H22N2O2S/c1-4-14-12(2)22-15(19-14)10-11-18-17(20)16(21-3)13-8-6-5-7-9-13/h5-9,16H,4,10-11H2,1-3H3,(H,18,20)/t16-/m0/s1. The molecule has 1 aromatic heterocycles. The average Bonchev–Trinajstić information content (AvgIpc) is 2.89. The van der Waals surface area contributed by atoms with Gasteiger partial charge in [-0.05, 0) is 18.9 Å². The van der Waals surface area contributed by atoms with Crippen LogP contribution in [0.1, 0.15) is 34.2 Å². The van der Waals surface area contributed by atoms with Gasteiger partial charge in [0, 0.05) is 25.0 Å². The van der Waals surface area contributed by atoms with Crippen LogP contribution in [0, 0.1) is 6.92 Å². The molecular weight excluding hydrogens is 296 g/mol. The van der Waals surface area contributed by atoms with Crippen LogP contribution in [0.25, 0.3) is 0 Å². The number of aromatic nitrogens is 1. The molecule has 0 spiro atoms. The molecule has 5 heteroatoms. The fraction of sp³-hybridized carbons (Fsp3) is 0.412. The molecule has 0 aliphatic carbocycles. The van der Waals surface area contributed by atoms with Gasteiger partial charge in [-0.15, -0.1) is 11.3 Å². The summed E-state index contributed by atoms with van der Waals surface area (Å²) in [5, 5.41) is 4.00. The van der Waals surface area contributed by atoms with Crippen LogP contribution in [0.3, 0.4) is 0 Å². The molecule has 1 aromatic carbocycles. The zero-order chi connectivity index (χ0) is 15.9. The van der Waals surface area contributed by atoms with Crippen LogP contribution < -0.4 is 5.32 Å². The van der Waals surface area contributed by atoms with Crippen LogP contribution in [0.2, 0.25) is 0 Å². The summed E-state index contributed by atoms with van der Waals surface area (Å²) in [7, 11) is 1.55. The van der Waals surface area contributed by atoms with Gasteiger partial charge in [-0.2, -0.15) is 0 Å². The predicted molar refractivity (Wildman–Crippen MR) is 89.1 cm³/mol. The van der Waals surface area contributed by atoms with Crippen LogP contribution in [-0.2, 0) is 22.4 Å². The van der Waals surface area contributed by atoms with E-state index in [4.69, 9.17) is 4.74 Å².